The number of rotatable bonds is 3. The third kappa shape index (κ3) is 1.27. The minimum absolute atomic E-state index is 0.536. The maximum Gasteiger partial charge on any atom is 0.0136 e. The van der Waals surface area contributed by atoms with Crippen molar-refractivity contribution in [1.29, 1.82) is 0 Å². The zero-order valence-corrected chi connectivity index (χ0v) is 11.1. The van der Waals surface area contributed by atoms with Gasteiger partial charge in [-0.05, 0) is 48.0 Å². The molecule has 0 aliphatic heterocycles. The van der Waals surface area contributed by atoms with Gasteiger partial charge in [0.2, 0.25) is 0 Å². The van der Waals surface area contributed by atoms with Crippen LogP contribution >= 0.6 is 0 Å². The smallest absolute Gasteiger partial charge is 0.0136 e. The molecule has 0 aromatic carbocycles. The molecule has 3 aliphatic rings. The summed E-state index contributed by atoms with van der Waals surface area (Å²) in [7, 11) is 0. The Morgan fingerprint density at radius 1 is 1.19 bits per heavy atom. The van der Waals surface area contributed by atoms with Crippen molar-refractivity contribution in [2.45, 2.75) is 46.6 Å². The Hall–Kier alpha value is -0.300. The molecule has 0 saturated heterocycles. The van der Waals surface area contributed by atoms with Crippen molar-refractivity contribution in [3.05, 3.63) is 12.2 Å². The van der Waals surface area contributed by atoms with E-state index in [4.69, 9.17) is 0 Å². The third-order valence-corrected chi connectivity index (χ3v) is 6.27. The van der Waals surface area contributed by atoms with Crippen molar-refractivity contribution in [3.63, 3.8) is 0 Å². The molecule has 90 valence electrons. The first-order chi connectivity index (χ1) is 7.44. The van der Waals surface area contributed by atoms with Crippen LogP contribution in [0.3, 0.4) is 0 Å². The van der Waals surface area contributed by atoms with Crippen LogP contribution in [0.15, 0.2) is 12.2 Å². The largest absolute Gasteiger partial charge is 0.313 e. The number of fused-ring (bicyclic) bond motifs is 1. The summed E-state index contributed by atoms with van der Waals surface area (Å²) >= 11 is 0. The molecule has 0 amide bonds. The summed E-state index contributed by atoms with van der Waals surface area (Å²) in [5.74, 6) is 2.71. The van der Waals surface area contributed by atoms with Gasteiger partial charge in [-0.2, -0.15) is 0 Å². The van der Waals surface area contributed by atoms with Gasteiger partial charge in [-0.15, -0.1) is 0 Å². The Labute approximate surface area is 99.7 Å². The summed E-state index contributed by atoms with van der Waals surface area (Å²) in [6.45, 7) is 10.9. The number of allylic oxidation sites excluding steroid dienone is 1. The minimum atomic E-state index is 0.536. The Bertz CT molecular complexity index is 312. The molecule has 0 aromatic heterocycles. The second-order valence-corrected chi connectivity index (χ2v) is 7.25. The average Bonchev–Trinajstić information content (AvgIpc) is 2.46. The fourth-order valence-electron chi connectivity index (χ4n) is 4.06. The third-order valence-electron chi connectivity index (χ3n) is 6.27. The van der Waals surface area contributed by atoms with E-state index in [1.807, 2.05) is 0 Å². The fourth-order valence-corrected chi connectivity index (χ4v) is 4.06. The molecular weight excluding hydrogens is 194 g/mol. The molecule has 1 heteroatoms. The zero-order valence-electron chi connectivity index (χ0n) is 11.1. The van der Waals surface area contributed by atoms with Crippen LogP contribution in [0.5, 0.6) is 0 Å². The first-order valence-corrected chi connectivity index (χ1v) is 6.84. The molecule has 3 aliphatic carbocycles. The Kier molecular flexibility index (Phi) is 2.12. The minimum Gasteiger partial charge on any atom is -0.313 e. The lowest BCUT2D eigenvalue weighted by Crippen LogP contribution is -2.48. The maximum atomic E-state index is 3.81. The lowest BCUT2D eigenvalue weighted by Gasteiger charge is -2.41. The van der Waals surface area contributed by atoms with E-state index in [-0.39, 0.29) is 0 Å². The van der Waals surface area contributed by atoms with Crippen LogP contribution in [-0.2, 0) is 0 Å². The van der Waals surface area contributed by atoms with Gasteiger partial charge in [-0.3, -0.25) is 0 Å². The first kappa shape index (κ1) is 10.8. The van der Waals surface area contributed by atoms with Crippen molar-refractivity contribution in [3.8, 4) is 0 Å². The molecule has 0 heterocycles. The zero-order chi connectivity index (χ0) is 11.6. The van der Waals surface area contributed by atoms with Gasteiger partial charge in [0.15, 0.2) is 0 Å². The molecule has 0 aromatic rings. The second-order valence-electron chi connectivity index (χ2n) is 7.25. The van der Waals surface area contributed by atoms with Gasteiger partial charge in [0.05, 0.1) is 0 Å². The van der Waals surface area contributed by atoms with E-state index < -0.39 is 0 Å². The standard InChI is InChI=1S/C15H25N/c1-14(2)13(15(14,3)4)9-16-12-8-10-6-5-7-11(10)12/h5,7,10-13,16H,6,8-9H2,1-4H3. The molecule has 2 saturated carbocycles. The predicted molar refractivity (Wildman–Crippen MR) is 68.2 cm³/mol. The average molecular weight is 219 g/mol. The van der Waals surface area contributed by atoms with Crippen molar-refractivity contribution in [1.82, 2.24) is 5.32 Å². The molecular formula is C15H25N. The van der Waals surface area contributed by atoms with Crippen LogP contribution in [0.1, 0.15) is 40.5 Å². The van der Waals surface area contributed by atoms with Gasteiger partial charge >= 0.3 is 0 Å². The molecule has 16 heavy (non-hydrogen) atoms. The molecule has 1 N–H and O–H groups in total. The summed E-state index contributed by atoms with van der Waals surface area (Å²) in [5, 5.41) is 3.81. The predicted octanol–water partition coefficient (Wildman–Crippen LogP) is 3.22. The van der Waals surface area contributed by atoms with Crippen LogP contribution in [0.25, 0.3) is 0 Å². The van der Waals surface area contributed by atoms with E-state index in [9.17, 15) is 0 Å². The molecule has 0 bridgehead atoms. The van der Waals surface area contributed by atoms with E-state index >= 15 is 0 Å². The van der Waals surface area contributed by atoms with Gasteiger partial charge in [-0.25, -0.2) is 0 Å². The lowest BCUT2D eigenvalue weighted by atomic mass is 9.71. The summed E-state index contributed by atoms with van der Waals surface area (Å²) in [6.07, 6.45) is 7.56. The summed E-state index contributed by atoms with van der Waals surface area (Å²) in [5.41, 5.74) is 1.07. The van der Waals surface area contributed by atoms with E-state index in [0.29, 0.717) is 10.8 Å². The van der Waals surface area contributed by atoms with Gasteiger partial charge in [0.25, 0.3) is 0 Å². The summed E-state index contributed by atoms with van der Waals surface area (Å²) in [6, 6.07) is 0.788. The number of nitrogens with one attached hydrogen (secondary N) is 1. The number of hydrogen-bond donors (Lipinski definition) is 1. The highest BCUT2D eigenvalue weighted by Gasteiger charge is 2.64. The van der Waals surface area contributed by atoms with Gasteiger partial charge in [-0.1, -0.05) is 39.8 Å². The quantitative estimate of drug-likeness (QED) is 0.719. The molecule has 2 fully saturated rings. The monoisotopic (exact) mass is 219 g/mol. The Balaban J connectivity index is 1.50. The fraction of sp³-hybridized carbons (Fsp3) is 0.867. The van der Waals surface area contributed by atoms with E-state index in [1.54, 1.807) is 0 Å². The van der Waals surface area contributed by atoms with Crippen LogP contribution in [-0.4, -0.2) is 12.6 Å². The SMILES string of the molecule is CC1(C)C(CNC2CC3CC=CC32)C1(C)C. The van der Waals surface area contributed by atoms with Crippen LogP contribution in [0.2, 0.25) is 0 Å². The number of hydrogen-bond acceptors (Lipinski definition) is 1. The summed E-state index contributed by atoms with van der Waals surface area (Å²) in [4.78, 5) is 0. The van der Waals surface area contributed by atoms with Crippen molar-refractivity contribution in [2.75, 3.05) is 6.54 Å². The van der Waals surface area contributed by atoms with Gasteiger partial charge < -0.3 is 5.32 Å². The molecule has 3 unspecified atom stereocenters. The van der Waals surface area contributed by atoms with E-state index in [0.717, 1.165) is 23.8 Å². The highest BCUT2D eigenvalue weighted by molar-refractivity contribution is 5.16. The van der Waals surface area contributed by atoms with Crippen LogP contribution < -0.4 is 5.32 Å². The second kappa shape index (κ2) is 3.13. The van der Waals surface area contributed by atoms with E-state index in [2.05, 4.69) is 45.2 Å². The molecule has 1 nitrogen and oxygen atoms in total. The highest BCUT2D eigenvalue weighted by Crippen LogP contribution is 2.68. The molecule has 0 spiro atoms. The molecule has 3 rings (SSSR count). The Morgan fingerprint density at radius 2 is 1.88 bits per heavy atom. The van der Waals surface area contributed by atoms with E-state index in [1.165, 1.54) is 19.4 Å². The van der Waals surface area contributed by atoms with Gasteiger partial charge in [0.1, 0.15) is 0 Å². The van der Waals surface area contributed by atoms with Crippen LogP contribution in [0, 0.1) is 28.6 Å². The molecule has 3 atom stereocenters. The van der Waals surface area contributed by atoms with Crippen molar-refractivity contribution < 1.29 is 0 Å². The van der Waals surface area contributed by atoms with Crippen molar-refractivity contribution >= 4 is 0 Å². The van der Waals surface area contributed by atoms with Crippen molar-refractivity contribution in [2.24, 2.45) is 28.6 Å². The topological polar surface area (TPSA) is 12.0 Å². The van der Waals surface area contributed by atoms with Crippen LogP contribution in [0.4, 0.5) is 0 Å². The first-order valence-electron chi connectivity index (χ1n) is 6.84. The van der Waals surface area contributed by atoms with Gasteiger partial charge in [0, 0.05) is 6.04 Å². The normalized spacial score (nSPS) is 42.9. The lowest BCUT2D eigenvalue weighted by molar-refractivity contribution is 0.160. The maximum absolute atomic E-state index is 3.81. The molecule has 0 radical (unpaired) electrons. The summed E-state index contributed by atoms with van der Waals surface area (Å²) < 4.78 is 0. The Morgan fingerprint density at radius 3 is 2.44 bits per heavy atom. The highest BCUT2D eigenvalue weighted by atomic mass is 15.0.